The maximum Gasteiger partial charge on any atom is 0.305 e. The van der Waals surface area contributed by atoms with Crippen LogP contribution < -0.4 is 5.32 Å². The maximum atomic E-state index is 12.3. The van der Waals surface area contributed by atoms with E-state index in [1.807, 2.05) is 25.4 Å². The molecule has 2 N–H and O–H groups in total. The number of carbonyl (C=O) groups excluding carboxylic acids is 1. The second-order valence-corrected chi connectivity index (χ2v) is 6.48. The number of nitrogens with one attached hydrogen (secondary N) is 1. The number of carboxylic acids is 1. The van der Waals surface area contributed by atoms with Crippen molar-refractivity contribution < 1.29 is 19.4 Å². The average Bonchev–Trinajstić information content (AvgIpc) is 3.10. The van der Waals surface area contributed by atoms with Gasteiger partial charge in [0, 0.05) is 37.2 Å². The molecule has 1 aliphatic rings. The number of nitrogens with zero attached hydrogens (tertiary/aromatic N) is 1. The molecule has 0 radical (unpaired) electrons. The summed E-state index contributed by atoms with van der Waals surface area (Å²) in [6.07, 6.45) is 3.43. The molecule has 24 heavy (non-hydrogen) atoms. The van der Waals surface area contributed by atoms with E-state index in [0.29, 0.717) is 25.9 Å². The Labute approximate surface area is 140 Å². The van der Waals surface area contributed by atoms with E-state index in [0.717, 1.165) is 16.5 Å². The van der Waals surface area contributed by atoms with Crippen molar-refractivity contribution in [2.24, 2.45) is 7.05 Å². The average molecular weight is 330 g/mol. The fourth-order valence-electron chi connectivity index (χ4n) is 3.41. The second kappa shape index (κ2) is 6.65. The van der Waals surface area contributed by atoms with Gasteiger partial charge in [-0.1, -0.05) is 18.2 Å². The number of carbonyl (C=O) groups is 2. The lowest BCUT2D eigenvalue weighted by Crippen LogP contribution is -2.50. The first-order valence-corrected chi connectivity index (χ1v) is 8.13. The van der Waals surface area contributed by atoms with Crippen LogP contribution in [0.15, 0.2) is 30.5 Å². The largest absolute Gasteiger partial charge is 0.481 e. The second-order valence-electron chi connectivity index (χ2n) is 6.48. The Morgan fingerprint density at radius 2 is 2.17 bits per heavy atom. The monoisotopic (exact) mass is 330 g/mol. The standard InChI is InChI=1S/C18H22N2O4/c1-20-11-13(14-4-2-3-5-15(14)20)6-7-16(21)19-18(10-17(22)23)8-9-24-12-18/h2-5,11H,6-10,12H2,1H3,(H,19,21)(H,22,23). The predicted octanol–water partition coefficient (Wildman–Crippen LogP) is 1.86. The molecular formula is C18H22N2O4. The fourth-order valence-corrected chi connectivity index (χ4v) is 3.41. The molecular weight excluding hydrogens is 308 g/mol. The number of rotatable bonds is 6. The van der Waals surface area contributed by atoms with E-state index in [1.165, 1.54) is 0 Å². The lowest BCUT2D eigenvalue weighted by atomic mass is 9.94. The predicted molar refractivity (Wildman–Crippen MR) is 89.8 cm³/mol. The first kappa shape index (κ1) is 16.5. The zero-order valence-corrected chi connectivity index (χ0v) is 13.7. The van der Waals surface area contributed by atoms with E-state index in [2.05, 4.69) is 22.0 Å². The number of fused-ring (bicyclic) bond motifs is 1. The normalized spacial score (nSPS) is 20.4. The highest BCUT2D eigenvalue weighted by atomic mass is 16.5. The van der Waals surface area contributed by atoms with Gasteiger partial charge in [0.05, 0.1) is 18.6 Å². The molecule has 128 valence electrons. The number of benzene rings is 1. The third-order valence-electron chi connectivity index (χ3n) is 4.60. The minimum Gasteiger partial charge on any atom is -0.481 e. The van der Waals surface area contributed by atoms with Gasteiger partial charge < -0.3 is 19.7 Å². The van der Waals surface area contributed by atoms with E-state index >= 15 is 0 Å². The van der Waals surface area contributed by atoms with Crippen LogP contribution in [0, 0.1) is 0 Å². The molecule has 1 aliphatic heterocycles. The summed E-state index contributed by atoms with van der Waals surface area (Å²) >= 11 is 0. The van der Waals surface area contributed by atoms with Gasteiger partial charge in [0.2, 0.25) is 5.91 Å². The number of hydrogen-bond donors (Lipinski definition) is 2. The summed E-state index contributed by atoms with van der Waals surface area (Å²) in [4.78, 5) is 23.4. The van der Waals surface area contributed by atoms with E-state index in [1.54, 1.807) is 0 Å². The van der Waals surface area contributed by atoms with Crippen molar-refractivity contribution in [2.45, 2.75) is 31.2 Å². The van der Waals surface area contributed by atoms with E-state index in [4.69, 9.17) is 9.84 Å². The molecule has 0 bridgehead atoms. The molecule has 2 heterocycles. The van der Waals surface area contributed by atoms with Crippen molar-refractivity contribution in [1.29, 1.82) is 0 Å². The molecule has 6 nitrogen and oxygen atoms in total. The summed E-state index contributed by atoms with van der Waals surface area (Å²) in [6.45, 7) is 0.746. The number of carboxylic acid groups (broad SMARTS) is 1. The van der Waals surface area contributed by atoms with Gasteiger partial charge in [-0.2, -0.15) is 0 Å². The summed E-state index contributed by atoms with van der Waals surface area (Å²) in [6, 6.07) is 8.09. The quantitative estimate of drug-likeness (QED) is 0.847. The van der Waals surface area contributed by atoms with Crippen LogP contribution in [-0.4, -0.2) is 40.3 Å². The van der Waals surface area contributed by atoms with E-state index in [-0.39, 0.29) is 18.9 Å². The lowest BCUT2D eigenvalue weighted by molar-refractivity contribution is -0.139. The summed E-state index contributed by atoms with van der Waals surface area (Å²) in [5.74, 6) is -1.05. The van der Waals surface area contributed by atoms with Gasteiger partial charge in [0.15, 0.2) is 0 Å². The Kier molecular flexibility index (Phi) is 4.57. The van der Waals surface area contributed by atoms with Crippen LogP contribution in [-0.2, 0) is 27.8 Å². The lowest BCUT2D eigenvalue weighted by Gasteiger charge is -2.27. The van der Waals surface area contributed by atoms with Crippen LogP contribution in [0.1, 0.15) is 24.8 Å². The molecule has 1 unspecified atom stereocenters. The number of aryl methyl sites for hydroxylation is 2. The van der Waals surface area contributed by atoms with Gasteiger partial charge in [-0.3, -0.25) is 9.59 Å². The highest BCUT2D eigenvalue weighted by molar-refractivity contribution is 5.85. The van der Waals surface area contributed by atoms with E-state index < -0.39 is 11.5 Å². The van der Waals surface area contributed by atoms with Gasteiger partial charge in [0.25, 0.3) is 0 Å². The summed E-state index contributed by atoms with van der Waals surface area (Å²) in [5, 5.41) is 13.1. The van der Waals surface area contributed by atoms with Gasteiger partial charge in [-0.25, -0.2) is 0 Å². The van der Waals surface area contributed by atoms with Gasteiger partial charge in [-0.05, 0) is 24.5 Å². The molecule has 6 heteroatoms. The minimum atomic E-state index is -0.921. The molecule has 1 atom stereocenters. The van der Waals surface area contributed by atoms with Crippen molar-refractivity contribution in [3.63, 3.8) is 0 Å². The molecule has 0 saturated carbocycles. The number of amides is 1. The van der Waals surface area contributed by atoms with Crippen LogP contribution in [0.2, 0.25) is 0 Å². The maximum absolute atomic E-state index is 12.3. The molecule has 2 aromatic rings. The van der Waals surface area contributed by atoms with Crippen LogP contribution in [0.3, 0.4) is 0 Å². The zero-order chi connectivity index (χ0) is 17.2. The van der Waals surface area contributed by atoms with Crippen molar-refractivity contribution >= 4 is 22.8 Å². The third-order valence-corrected chi connectivity index (χ3v) is 4.60. The molecule has 1 amide bonds. The molecule has 3 rings (SSSR count). The zero-order valence-electron chi connectivity index (χ0n) is 13.7. The Bertz CT molecular complexity index is 759. The fraction of sp³-hybridized carbons (Fsp3) is 0.444. The topological polar surface area (TPSA) is 80.6 Å². The smallest absolute Gasteiger partial charge is 0.305 e. The highest BCUT2D eigenvalue weighted by Crippen LogP contribution is 2.24. The van der Waals surface area contributed by atoms with E-state index in [9.17, 15) is 9.59 Å². The van der Waals surface area contributed by atoms with Crippen LogP contribution >= 0.6 is 0 Å². The number of hydrogen-bond acceptors (Lipinski definition) is 3. The van der Waals surface area contributed by atoms with Crippen molar-refractivity contribution in [3.8, 4) is 0 Å². The van der Waals surface area contributed by atoms with Crippen LogP contribution in [0.5, 0.6) is 0 Å². The molecule has 0 spiro atoms. The Morgan fingerprint density at radius 1 is 1.38 bits per heavy atom. The summed E-state index contributed by atoms with van der Waals surface area (Å²) < 4.78 is 7.36. The van der Waals surface area contributed by atoms with Gasteiger partial charge in [-0.15, -0.1) is 0 Å². The first-order chi connectivity index (χ1) is 11.5. The molecule has 0 aliphatic carbocycles. The number of aromatic nitrogens is 1. The molecule has 1 aromatic heterocycles. The van der Waals surface area contributed by atoms with Gasteiger partial charge in [0.1, 0.15) is 0 Å². The van der Waals surface area contributed by atoms with Crippen molar-refractivity contribution in [1.82, 2.24) is 9.88 Å². The molecule has 1 aromatic carbocycles. The minimum absolute atomic E-state index is 0.104. The van der Waals surface area contributed by atoms with Crippen molar-refractivity contribution in [3.05, 3.63) is 36.0 Å². The Morgan fingerprint density at radius 3 is 2.88 bits per heavy atom. The van der Waals surface area contributed by atoms with Crippen LogP contribution in [0.25, 0.3) is 10.9 Å². The Balaban J connectivity index is 1.65. The number of para-hydroxylation sites is 1. The molecule has 1 fully saturated rings. The summed E-state index contributed by atoms with van der Waals surface area (Å²) in [7, 11) is 1.99. The molecule has 1 saturated heterocycles. The van der Waals surface area contributed by atoms with Crippen molar-refractivity contribution in [2.75, 3.05) is 13.2 Å². The van der Waals surface area contributed by atoms with Crippen LogP contribution in [0.4, 0.5) is 0 Å². The Hall–Kier alpha value is -2.34. The van der Waals surface area contributed by atoms with Gasteiger partial charge >= 0.3 is 5.97 Å². The highest BCUT2D eigenvalue weighted by Gasteiger charge is 2.38. The SMILES string of the molecule is Cn1cc(CCC(=O)NC2(CC(=O)O)CCOC2)c2ccccc21. The number of ether oxygens (including phenoxy) is 1. The summed E-state index contributed by atoms with van der Waals surface area (Å²) in [5.41, 5.74) is 1.50. The first-order valence-electron chi connectivity index (χ1n) is 8.13. The third kappa shape index (κ3) is 3.43. The number of aliphatic carboxylic acids is 1.